The van der Waals surface area contributed by atoms with Crippen molar-refractivity contribution in [3.63, 3.8) is 0 Å². The van der Waals surface area contributed by atoms with Crippen molar-refractivity contribution >= 4 is 48.1 Å². The van der Waals surface area contributed by atoms with Gasteiger partial charge in [0.1, 0.15) is 6.04 Å². The Kier molecular flexibility index (Phi) is 10.5. The lowest BCUT2D eigenvalue weighted by atomic mass is 10.2. The lowest BCUT2D eigenvalue weighted by Crippen LogP contribution is -2.46. The van der Waals surface area contributed by atoms with Gasteiger partial charge >= 0.3 is 5.97 Å². The Morgan fingerprint density at radius 3 is 2.36 bits per heavy atom. The zero-order valence-electron chi connectivity index (χ0n) is 12.4. The number of thioether (sulfide) groups is 1. The fourth-order valence-corrected chi connectivity index (χ4v) is 2.32. The first-order valence-corrected chi connectivity index (χ1v) is 8.22. The maximum Gasteiger partial charge on any atom is 0.326 e. The van der Waals surface area contributed by atoms with E-state index in [-0.39, 0.29) is 24.8 Å². The molecule has 22 heavy (non-hydrogen) atoms. The van der Waals surface area contributed by atoms with E-state index in [1.807, 2.05) is 0 Å². The van der Waals surface area contributed by atoms with Crippen molar-refractivity contribution in [2.24, 2.45) is 0 Å². The molecule has 8 nitrogen and oxygen atoms in total. The van der Waals surface area contributed by atoms with E-state index in [0.717, 1.165) is 0 Å². The van der Waals surface area contributed by atoms with Crippen LogP contribution in [-0.4, -0.2) is 58.3 Å². The minimum absolute atomic E-state index is 0.191. The number of nitrogens with one attached hydrogen (secondary N) is 3. The van der Waals surface area contributed by atoms with E-state index in [9.17, 15) is 19.2 Å². The van der Waals surface area contributed by atoms with Gasteiger partial charge < -0.3 is 21.1 Å². The van der Waals surface area contributed by atoms with E-state index in [1.54, 1.807) is 6.92 Å². The zero-order valence-corrected chi connectivity index (χ0v) is 14.1. The lowest BCUT2D eigenvalue weighted by molar-refractivity contribution is -0.141. The van der Waals surface area contributed by atoms with Gasteiger partial charge in [0.25, 0.3) is 0 Å². The van der Waals surface area contributed by atoms with Crippen LogP contribution >= 0.6 is 24.4 Å². The van der Waals surface area contributed by atoms with Crippen LogP contribution in [0.15, 0.2) is 0 Å². The van der Waals surface area contributed by atoms with Crippen molar-refractivity contribution in [3.8, 4) is 0 Å². The van der Waals surface area contributed by atoms with Crippen molar-refractivity contribution in [2.45, 2.75) is 31.6 Å². The molecule has 0 aromatic rings. The van der Waals surface area contributed by atoms with E-state index in [1.165, 1.54) is 18.7 Å². The van der Waals surface area contributed by atoms with Crippen LogP contribution in [0.1, 0.15) is 20.3 Å². The molecule has 0 aliphatic carbocycles. The Hall–Kier alpha value is -1.42. The van der Waals surface area contributed by atoms with Crippen LogP contribution in [0.3, 0.4) is 0 Å². The number of carbonyl (C=O) groups is 4. The van der Waals surface area contributed by atoms with Crippen molar-refractivity contribution in [1.29, 1.82) is 0 Å². The number of thiol groups is 1. The summed E-state index contributed by atoms with van der Waals surface area (Å²) in [5, 5.41) is 15.7. The Morgan fingerprint density at radius 2 is 1.86 bits per heavy atom. The van der Waals surface area contributed by atoms with Gasteiger partial charge in [0.2, 0.25) is 17.7 Å². The number of carboxylic acids is 1. The van der Waals surface area contributed by atoms with Crippen LogP contribution in [0.4, 0.5) is 0 Å². The number of rotatable bonds is 10. The molecular weight excluding hydrogens is 330 g/mol. The van der Waals surface area contributed by atoms with Crippen molar-refractivity contribution in [2.75, 3.05) is 18.2 Å². The molecule has 2 atom stereocenters. The summed E-state index contributed by atoms with van der Waals surface area (Å²) in [6.45, 7) is 2.71. The standard InChI is InChI=1S/C12H21N3O5S2/c1-7(22-6-14-8(2)16)11(18)13-5-10(17)15-9(3-4-21)12(19)20/h7,9,21H,3-6H2,1-2H3,(H,13,18)(H,14,16)(H,15,17)(H,19,20)/t7-,9-/m0/s1. The molecule has 0 saturated carbocycles. The topological polar surface area (TPSA) is 125 Å². The first-order chi connectivity index (χ1) is 10.3. The molecule has 4 N–H and O–H groups in total. The number of carbonyl (C=O) groups excluding carboxylic acids is 3. The fraction of sp³-hybridized carbons (Fsp3) is 0.667. The van der Waals surface area contributed by atoms with Crippen LogP contribution in [0.5, 0.6) is 0 Å². The minimum atomic E-state index is -1.15. The molecule has 3 amide bonds. The highest BCUT2D eigenvalue weighted by molar-refractivity contribution is 8.00. The van der Waals surface area contributed by atoms with Gasteiger partial charge in [-0.05, 0) is 19.1 Å². The zero-order chi connectivity index (χ0) is 17.1. The first-order valence-electron chi connectivity index (χ1n) is 6.54. The van der Waals surface area contributed by atoms with E-state index in [4.69, 9.17) is 5.11 Å². The molecule has 0 spiro atoms. The normalized spacial score (nSPS) is 12.9. The lowest BCUT2D eigenvalue weighted by Gasteiger charge is -2.15. The minimum Gasteiger partial charge on any atom is -0.480 e. The molecule has 0 bridgehead atoms. The molecule has 0 unspecified atom stereocenters. The molecule has 0 aliphatic rings. The van der Waals surface area contributed by atoms with Gasteiger partial charge in [0.05, 0.1) is 17.7 Å². The van der Waals surface area contributed by atoms with Gasteiger partial charge in [-0.25, -0.2) is 4.79 Å². The molecule has 0 saturated heterocycles. The van der Waals surface area contributed by atoms with Crippen molar-refractivity contribution in [1.82, 2.24) is 16.0 Å². The van der Waals surface area contributed by atoms with Gasteiger partial charge in [-0.15, -0.1) is 11.8 Å². The monoisotopic (exact) mass is 351 g/mol. The maximum absolute atomic E-state index is 11.7. The number of hydrogen-bond donors (Lipinski definition) is 5. The molecular formula is C12H21N3O5S2. The number of carboxylic acid groups (broad SMARTS) is 1. The second-order valence-corrected chi connectivity index (χ2v) is 6.15. The van der Waals surface area contributed by atoms with Gasteiger partial charge in [0.15, 0.2) is 0 Å². The molecule has 0 fully saturated rings. The van der Waals surface area contributed by atoms with Gasteiger partial charge in [-0.1, -0.05) is 0 Å². The fourth-order valence-electron chi connectivity index (χ4n) is 1.29. The first kappa shape index (κ1) is 20.6. The molecule has 126 valence electrons. The second kappa shape index (κ2) is 11.2. The number of amides is 3. The smallest absolute Gasteiger partial charge is 0.326 e. The molecule has 0 rings (SSSR count). The summed E-state index contributed by atoms with van der Waals surface area (Å²) >= 11 is 5.13. The Morgan fingerprint density at radius 1 is 1.23 bits per heavy atom. The van der Waals surface area contributed by atoms with Gasteiger partial charge in [-0.2, -0.15) is 12.6 Å². The highest BCUT2D eigenvalue weighted by atomic mass is 32.2. The molecule has 0 radical (unpaired) electrons. The van der Waals surface area contributed by atoms with Crippen molar-refractivity contribution in [3.05, 3.63) is 0 Å². The third-order valence-electron chi connectivity index (χ3n) is 2.50. The summed E-state index contributed by atoms with van der Waals surface area (Å²) in [5.74, 6) is -1.68. The molecule has 10 heteroatoms. The van der Waals surface area contributed by atoms with E-state index in [2.05, 4.69) is 28.6 Å². The van der Waals surface area contributed by atoms with Crippen LogP contribution in [0, 0.1) is 0 Å². The summed E-state index contributed by atoms with van der Waals surface area (Å²) in [7, 11) is 0. The van der Waals surface area contributed by atoms with Crippen LogP contribution in [0.2, 0.25) is 0 Å². The predicted molar refractivity (Wildman–Crippen MR) is 86.8 cm³/mol. The van der Waals surface area contributed by atoms with Gasteiger partial charge in [0, 0.05) is 6.92 Å². The van der Waals surface area contributed by atoms with Crippen LogP contribution < -0.4 is 16.0 Å². The Balaban J connectivity index is 4.09. The van der Waals surface area contributed by atoms with E-state index < -0.39 is 23.2 Å². The average Bonchev–Trinajstić information content (AvgIpc) is 2.43. The average molecular weight is 351 g/mol. The molecule has 0 aromatic carbocycles. The summed E-state index contributed by atoms with van der Waals surface area (Å²) < 4.78 is 0. The van der Waals surface area contributed by atoms with E-state index >= 15 is 0 Å². The second-order valence-electron chi connectivity index (χ2n) is 4.37. The number of aliphatic carboxylic acids is 1. The number of hydrogen-bond acceptors (Lipinski definition) is 6. The summed E-state index contributed by atoms with van der Waals surface area (Å²) in [6, 6.07) is -1.02. The summed E-state index contributed by atoms with van der Waals surface area (Å²) in [5.41, 5.74) is 0. The third-order valence-corrected chi connectivity index (χ3v) is 3.78. The molecule has 0 aliphatic heterocycles. The third kappa shape index (κ3) is 9.50. The SMILES string of the molecule is CC(=O)NCS[C@@H](C)C(=O)NCC(=O)N[C@@H](CCS)C(=O)O. The highest BCUT2D eigenvalue weighted by Gasteiger charge is 2.20. The molecule has 0 aromatic heterocycles. The Bertz CT molecular complexity index is 420. The van der Waals surface area contributed by atoms with Crippen LogP contribution in [0.25, 0.3) is 0 Å². The maximum atomic E-state index is 11.7. The molecule has 0 heterocycles. The van der Waals surface area contributed by atoms with Gasteiger partial charge in [-0.3, -0.25) is 14.4 Å². The summed E-state index contributed by atoms with van der Waals surface area (Å²) in [4.78, 5) is 44.9. The predicted octanol–water partition coefficient (Wildman–Crippen LogP) is -0.793. The summed E-state index contributed by atoms with van der Waals surface area (Å²) in [6.07, 6.45) is 0.196. The largest absolute Gasteiger partial charge is 0.480 e. The van der Waals surface area contributed by atoms with Crippen molar-refractivity contribution < 1.29 is 24.3 Å². The van der Waals surface area contributed by atoms with E-state index in [0.29, 0.717) is 11.6 Å². The Labute approximate surface area is 138 Å². The van der Waals surface area contributed by atoms with Crippen LogP contribution in [-0.2, 0) is 19.2 Å². The highest BCUT2D eigenvalue weighted by Crippen LogP contribution is 2.08. The quantitative estimate of drug-likeness (QED) is 0.259.